The van der Waals surface area contributed by atoms with E-state index in [0.717, 1.165) is 6.42 Å². The second-order valence-corrected chi connectivity index (χ2v) is 5.78. The average molecular weight is 188 g/mol. The summed E-state index contributed by atoms with van der Waals surface area (Å²) in [5.41, 5.74) is 0.0769. The molecule has 3 heteroatoms. The van der Waals surface area contributed by atoms with E-state index in [1.54, 1.807) is 6.26 Å². The number of ketones is 1. The summed E-state index contributed by atoms with van der Waals surface area (Å²) in [5.74, 6) is 0.273. The van der Waals surface area contributed by atoms with Crippen LogP contribution in [0.15, 0.2) is 0 Å². The van der Waals surface area contributed by atoms with Gasteiger partial charge in [-0.05, 0) is 11.8 Å². The van der Waals surface area contributed by atoms with E-state index in [1.807, 2.05) is 0 Å². The summed E-state index contributed by atoms with van der Waals surface area (Å²) < 4.78 is 11.3. The first-order valence-corrected chi connectivity index (χ1v) is 5.89. The Bertz CT molecular complexity index is 221. The van der Waals surface area contributed by atoms with Gasteiger partial charge < -0.3 is 0 Å². The average Bonchev–Trinajstić information content (AvgIpc) is 1.94. The van der Waals surface area contributed by atoms with E-state index in [1.165, 1.54) is 0 Å². The molecule has 1 rings (SSSR count). The van der Waals surface area contributed by atoms with Gasteiger partial charge in [0.1, 0.15) is 5.78 Å². The van der Waals surface area contributed by atoms with E-state index >= 15 is 0 Å². The third-order valence-electron chi connectivity index (χ3n) is 2.73. The monoisotopic (exact) mass is 188 g/mol. The SMILES string of the molecule is CS(=O)C1CC(=O)CCC1(C)C. The molecule has 0 saturated heterocycles. The van der Waals surface area contributed by atoms with Crippen molar-refractivity contribution in [2.75, 3.05) is 6.26 Å². The molecule has 0 spiro atoms. The van der Waals surface area contributed by atoms with Gasteiger partial charge in [0, 0.05) is 35.1 Å². The standard InChI is InChI=1S/C9H16O2S/c1-9(2)5-4-7(10)6-8(9)12(3)11/h8H,4-6H2,1-3H3. The van der Waals surface area contributed by atoms with Crippen molar-refractivity contribution in [3.8, 4) is 0 Å². The van der Waals surface area contributed by atoms with Gasteiger partial charge in [0.15, 0.2) is 0 Å². The summed E-state index contributed by atoms with van der Waals surface area (Å²) in [7, 11) is -0.863. The molecule has 1 saturated carbocycles. The van der Waals surface area contributed by atoms with Gasteiger partial charge in [0.25, 0.3) is 0 Å². The molecule has 0 amide bonds. The number of carbonyl (C=O) groups excluding carboxylic acids is 1. The number of carbonyl (C=O) groups is 1. The lowest BCUT2D eigenvalue weighted by atomic mass is 9.76. The molecule has 0 N–H and O–H groups in total. The van der Waals surface area contributed by atoms with E-state index in [9.17, 15) is 9.00 Å². The molecule has 0 aromatic rings. The molecule has 12 heavy (non-hydrogen) atoms. The third kappa shape index (κ3) is 1.94. The molecule has 0 heterocycles. The highest BCUT2D eigenvalue weighted by Crippen LogP contribution is 2.36. The maximum atomic E-state index is 11.3. The molecule has 70 valence electrons. The fourth-order valence-electron chi connectivity index (χ4n) is 1.77. The van der Waals surface area contributed by atoms with Crippen LogP contribution in [-0.4, -0.2) is 21.5 Å². The minimum absolute atomic E-state index is 0.0683. The summed E-state index contributed by atoms with van der Waals surface area (Å²) in [6.45, 7) is 4.21. The molecule has 1 fully saturated rings. The van der Waals surface area contributed by atoms with Gasteiger partial charge in [-0.1, -0.05) is 13.8 Å². The van der Waals surface area contributed by atoms with Gasteiger partial charge in [-0.3, -0.25) is 9.00 Å². The zero-order valence-corrected chi connectivity index (χ0v) is 8.74. The highest BCUT2D eigenvalue weighted by Gasteiger charge is 2.37. The lowest BCUT2D eigenvalue weighted by Crippen LogP contribution is -2.39. The van der Waals surface area contributed by atoms with E-state index in [4.69, 9.17) is 0 Å². The highest BCUT2D eigenvalue weighted by molar-refractivity contribution is 7.85. The molecule has 0 radical (unpaired) electrons. The Labute approximate surface area is 76.2 Å². The number of rotatable bonds is 1. The van der Waals surface area contributed by atoms with Crippen LogP contribution in [-0.2, 0) is 15.6 Å². The smallest absolute Gasteiger partial charge is 0.134 e. The lowest BCUT2D eigenvalue weighted by Gasteiger charge is -2.36. The molecular weight excluding hydrogens is 172 g/mol. The van der Waals surface area contributed by atoms with Gasteiger partial charge in [-0.2, -0.15) is 0 Å². The number of hydrogen-bond donors (Lipinski definition) is 0. The molecule has 2 unspecified atom stereocenters. The fraction of sp³-hybridized carbons (Fsp3) is 0.889. The lowest BCUT2D eigenvalue weighted by molar-refractivity contribution is -0.121. The van der Waals surface area contributed by atoms with Crippen LogP contribution in [0.5, 0.6) is 0 Å². The van der Waals surface area contributed by atoms with Crippen molar-refractivity contribution in [3.63, 3.8) is 0 Å². The topological polar surface area (TPSA) is 34.1 Å². The fourth-order valence-corrected chi connectivity index (χ4v) is 3.21. The first kappa shape index (κ1) is 9.90. The van der Waals surface area contributed by atoms with Crippen molar-refractivity contribution < 1.29 is 9.00 Å². The molecule has 2 atom stereocenters. The second kappa shape index (κ2) is 3.29. The van der Waals surface area contributed by atoms with Crippen molar-refractivity contribution in [2.45, 2.75) is 38.4 Å². The predicted molar refractivity (Wildman–Crippen MR) is 50.5 cm³/mol. The Kier molecular flexibility index (Phi) is 2.71. The quantitative estimate of drug-likeness (QED) is 0.625. The highest BCUT2D eigenvalue weighted by atomic mass is 32.2. The molecule has 2 nitrogen and oxygen atoms in total. The van der Waals surface area contributed by atoms with Gasteiger partial charge in [0.2, 0.25) is 0 Å². The number of Topliss-reactive ketones (excluding diaryl/α,β-unsaturated/α-hetero) is 1. The maximum Gasteiger partial charge on any atom is 0.134 e. The van der Waals surface area contributed by atoms with E-state index in [-0.39, 0.29) is 16.4 Å². The van der Waals surface area contributed by atoms with Crippen molar-refractivity contribution in [1.29, 1.82) is 0 Å². The molecule has 0 aromatic carbocycles. The molecule has 0 aliphatic heterocycles. The zero-order valence-electron chi connectivity index (χ0n) is 7.92. The van der Waals surface area contributed by atoms with E-state index in [0.29, 0.717) is 12.8 Å². The van der Waals surface area contributed by atoms with Crippen LogP contribution in [0.4, 0.5) is 0 Å². The van der Waals surface area contributed by atoms with Crippen LogP contribution in [0, 0.1) is 5.41 Å². The third-order valence-corrected chi connectivity index (χ3v) is 4.34. The predicted octanol–water partition coefficient (Wildman–Crippen LogP) is 1.51. The Balaban J connectivity index is 2.78. The Morgan fingerprint density at radius 3 is 2.50 bits per heavy atom. The molecule has 0 bridgehead atoms. The second-order valence-electron chi connectivity index (χ2n) is 4.22. The largest absolute Gasteiger partial charge is 0.300 e. The molecule has 1 aliphatic rings. The Morgan fingerprint density at radius 1 is 1.50 bits per heavy atom. The van der Waals surface area contributed by atoms with Crippen molar-refractivity contribution >= 4 is 16.6 Å². The maximum absolute atomic E-state index is 11.3. The summed E-state index contributed by atoms with van der Waals surface area (Å²) in [4.78, 5) is 11.1. The van der Waals surface area contributed by atoms with E-state index < -0.39 is 10.8 Å². The van der Waals surface area contributed by atoms with Gasteiger partial charge in [0.05, 0.1) is 0 Å². The van der Waals surface area contributed by atoms with Crippen molar-refractivity contribution in [1.82, 2.24) is 0 Å². The molecule has 0 aromatic heterocycles. The van der Waals surface area contributed by atoms with Gasteiger partial charge >= 0.3 is 0 Å². The first-order chi connectivity index (χ1) is 5.43. The Morgan fingerprint density at radius 2 is 2.08 bits per heavy atom. The minimum Gasteiger partial charge on any atom is -0.300 e. The normalized spacial score (nSPS) is 31.6. The van der Waals surface area contributed by atoms with Crippen LogP contribution in [0.1, 0.15) is 33.1 Å². The first-order valence-electron chi connectivity index (χ1n) is 4.27. The van der Waals surface area contributed by atoms with Crippen LogP contribution in [0.2, 0.25) is 0 Å². The van der Waals surface area contributed by atoms with E-state index in [2.05, 4.69) is 13.8 Å². The van der Waals surface area contributed by atoms with Crippen molar-refractivity contribution in [3.05, 3.63) is 0 Å². The molecule has 1 aliphatic carbocycles. The van der Waals surface area contributed by atoms with Crippen LogP contribution in [0.3, 0.4) is 0 Å². The van der Waals surface area contributed by atoms with Crippen molar-refractivity contribution in [2.24, 2.45) is 5.41 Å². The minimum atomic E-state index is -0.863. The summed E-state index contributed by atoms with van der Waals surface area (Å²) in [5, 5.41) is 0.0683. The number of hydrogen-bond acceptors (Lipinski definition) is 2. The summed E-state index contributed by atoms with van der Waals surface area (Å²) >= 11 is 0. The Hall–Kier alpha value is -0.180. The summed E-state index contributed by atoms with van der Waals surface area (Å²) in [6.07, 6.45) is 3.76. The zero-order chi connectivity index (χ0) is 9.35. The van der Waals surface area contributed by atoms with Crippen LogP contribution >= 0.6 is 0 Å². The van der Waals surface area contributed by atoms with Crippen LogP contribution in [0.25, 0.3) is 0 Å². The van der Waals surface area contributed by atoms with Gasteiger partial charge in [-0.25, -0.2) is 0 Å². The summed E-state index contributed by atoms with van der Waals surface area (Å²) in [6, 6.07) is 0. The van der Waals surface area contributed by atoms with Crippen LogP contribution < -0.4 is 0 Å². The van der Waals surface area contributed by atoms with Gasteiger partial charge in [-0.15, -0.1) is 0 Å². The molecular formula is C9H16O2S.